The van der Waals surface area contributed by atoms with Gasteiger partial charge in [-0.05, 0) is 135 Å². The molecule has 0 fully saturated rings. The van der Waals surface area contributed by atoms with Crippen LogP contribution >= 0.6 is 11.3 Å². The summed E-state index contributed by atoms with van der Waals surface area (Å²) < 4.78 is 2.46. The Morgan fingerprint density at radius 1 is 0.348 bits per heavy atom. The second-order valence-corrected chi connectivity index (χ2v) is 19.2. The lowest BCUT2D eigenvalue weighted by Crippen LogP contribution is -2.15. The summed E-state index contributed by atoms with van der Waals surface area (Å²) in [5, 5.41) is 57.6. The molecule has 11 aromatic rings. The quantitative estimate of drug-likeness (QED) is 0.0763. The monoisotopic (exact) mass is 916 g/mol. The van der Waals surface area contributed by atoms with Gasteiger partial charge in [-0.15, -0.1) is 11.3 Å². The van der Waals surface area contributed by atoms with E-state index in [2.05, 4.69) is 175 Å². The zero-order valence-electron chi connectivity index (χ0n) is 37.6. The van der Waals surface area contributed by atoms with Crippen molar-refractivity contribution in [3.05, 3.63) is 211 Å². The molecule has 0 spiro atoms. The number of nitrogens with zero attached hydrogens (tertiary/aromatic N) is 2. The second kappa shape index (κ2) is 16.0. The molecule has 1 heterocycles. The van der Waals surface area contributed by atoms with Gasteiger partial charge in [-0.25, -0.2) is 0 Å². The van der Waals surface area contributed by atoms with Gasteiger partial charge in [0.05, 0.1) is 5.56 Å². The SMILES string of the molecule is CC1(C)c2ccc(-c3cc(N(c4ccccc4)c4ccc(-c5c(O)c(O)c(O)c(O)c5O)cc4)cc(N(c4ccccc4)c4ccc5sc6ccccc6c5c4)c3)cc2-c2c1ccc1ccccc21. The first-order chi connectivity index (χ1) is 33.5. The first kappa shape index (κ1) is 41.7. The lowest BCUT2D eigenvalue weighted by molar-refractivity contribution is 0.330. The summed E-state index contributed by atoms with van der Waals surface area (Å²) in [6, 6.07) is 69.7. The van der Waals surface area contributed by atoms with Crippen LogP contribution in [0.4, 0.5) is 34.1 Å². The van der Waals surface area contributed by atoms with Crippen LogP contribution in [-0.2, 0) is 5.41 Å². The highest BCUT2D eigenvalue weighted by Gasteiger charge is 2.37. The summed E-state index contributed by atoms with van der Waals surface area (Å²) in [5.41, 5.74) is 12.5. The fourth-order valence-corrected chi connectivity index (χ4v) is 11.4. The van der Waals surface area contributed by atoms with E-state index in [1.165, 1.54) is 53.2 Å². The average Bonchev–Trinajstić information content (AvgIpc) is 3.87. The van der Waals surface area contributed by atoms with Crippen LogP contribution in [0.2, 0.25) is 0 Å². The standard InChI is InChI=1S/C61H44N2O5S/c1-61(2)50-28-24-38(33-49(50)55-46-18-10-9-13-36(46)23-29-51(55)61)39-31-44(62(40-14-5-3-6-15-40)42-25-21-37(22-26-42)54-56(64)58(66)60(68)59(67)57(54)65)34-45(32-39)63(41-16-7-4-8-17-41)43-27-30-53-48(35-43)47-19-11-12-20-52(47)69-53/h3-35,64-68H,1-2H3. The van der Waals surface area contributed by atoms with E-state index in [9.17, 15) is 25.5 Å². The molecule has 0 aliphatic heterocycles. The summed E-state index contributed by atoms with van der Waals surface area (Å²) in [5.74, 6) is -4.37. The number of phenolic OH excluding ortho intramolecular Hbond substituents is 5. The minimum Gasteiger partial charge on any atom is -0.504 e. The summed E-state index contributed by atoms with van der Waals surface area (Å²) in [6.07, 6.45) is 0. The molecular formula is C61H44N2O5S. The molecule has 5 N–H and O–H groups in total. The fraction of sp³-hybridized carbons (Fsp3) is 0.0492. The molecular weight excluding hydrogens is 873 g/mol. The molecule has 0 unspecified atom stereocenters. The van der Waals surface area contributed by atoms with Crippen LogP contribution in [0.3, 0.4) is 0 Å². The molecule has 1 aliphatic rings. The molecule has 12 rings (SSSR count). The van der Waals surface area contributed by atoms with Gasteiger partial charge in [-0.2, -0.15) is 0 Å². The fourth-order valence-electron chi connectivity index (χ4n) is 10.4. The zero-order valence-corrected chi connectivity index (χ0v) is 38.4. The molecule has 0 radical (unpaired) electrons. The van der Waals surface area contributed by atoms with E-state index in [0.717, 1.165) is 45.3 Å². The Labute approximate surface area is 402 Å². The van der Waals surface area contributed by atoms with Gasteiger partial charge in [0.25, 0.3) is 0 Å². The van der Waals surface area contributed by atoms with Crippen molar-refractivity contribution in [1.29, 1.82) is 0 Å². The molecule has 0 saturated heterocycles. The number of hydrogen-bond donors (Lipinski definition) is 5. The van der Waals surface area contributed by atoms with E-state index < -0.39 is 28.7 Å². The van der Waals surface area contributed by atoms with Crippen molar-refractivity contribution in [2.45, 2.75) is 19.3 Å². The first-order valence-electron chi connectivity index (χ1n) is 22.8. The molecule has 1 aliphatic carbocycles. The molecule has 0 bridgehead atoms. The molecule has 0 amide bonds. The topological polar surface area (TPSA) is 108 Å². The van der Waals surface area contributed by atoms with Gasteiger partial charge in [-0.3, -0.25) is 0 Å². The number of aromatic hydroxyl groups is 5. The van der Waals surface area contributed by atoms with E-state index in [4.69, 9.17) is 0 Å². The third kappa shape index (κ3) is 6.71. The van der Waals surface area contributed by atoms with Crippen LogP contribution in [-0.4, -0.2) is 25.5 Å². The Morgan fingerprint density at radius 3 is 1.55 bits per heavy atom. The van der Waals surface area contributed by atoms with Crippen molar-refractivity contribution in [2.24, 2.45) is 0 Å². The molecule has 0 saturated carbocycles. The number of anilines is 6. The van der Waals surface area contributed by atoms with Gasteiger partial charge in [0.15, 0.2) is 11.5 Å². The van der Waals surface area contributed by atoms with Crippen LogP contribution < -0.4 is 9.80 Å². The molecule has 8 heteroatoms. The summed E-state index contributed by atoms with van der Waals surface area (Å²) >= 11 is 1.79. The van der Waals surface area contributed by atoms with Crippen molar-refractivity contribution >= 4 is 76.4 Å². The van der Waals surface area contributed by atoms with E-state index in [-0.39, 0.29) is 11.0 Å². The van der Waals surface area contributed by atoms with Gasteiger partial charge in [0, 0.05) is 59.7 Å². The van der Waals surface area contributed by atoms with Crippen LogP contribution in [0.25, 0.3) is 64.3 Å². The summed E-state index contributed by atoms with van der Waals surface area (Å²) in [6.45, 7) is 4.63. The molecule has 1 aromatic heterocycles. The van der Waals surface area contributed by atoms with Crippen molar-refractivity contribution < 1.29 is 25.5 Å². The van der Waals surface area contributed by atoms with Crippen molar-refractivity contribution in [3.63, 3.8) is 0 Å². The maximum atomic E-state index is 10.9. The maximum Gasteiger partial charge on any atom is 0.208 e. The summed E-state index contributed by atoms with van der Waals surface area (Å²) in [7, 11) is 0. The Hall–Kier alpha value is -8.72. The highest BCUT2D eigenvalue weighted by Crippen LogP contribution is 2.56. The average molecular weight is 917 g/mol. The summed E-state index contributed by atoms with van der Waals surface area (Å²) in [4.78, 5) is 4.49. The van der Waals surface area contributed by atoms with Crippen molar-refractivity contribution in [1.82, 2.24) is 0 Å². The van der Waals surface area contributed by atoms with Crippen LogP contribution in [0.15, 0.2) is 200 Å². The highest BCUT2D eigenvalue weighted by molar-refractivity contribution is 7.25. The smallest absolute Gasteiger partial charge is 0.208 e. The lowest BCUT2D eigenvalue weighted by Gasteiger charge is -2.30. The van der Waals surface area contributed by atoms with Gasteiger partial charge >= 0.3 is 0 Å². The largest absolute Gasteiger partial charge is 0.504 e. The normalized spacial score (nSPS) is 12.6. The van der Waals surface area contributed by atoms with Gasteiger partial charge < -0.3 is 35.3 Å². The number of fused-ring (bicyclic) bond motifs is 8. The first-order valence-corrected chi connectivity index (χ1v) is 23.6. The van der Waals surface area contributed by atoms with Gasteiger partial charge in [-0.1, -0.05) is 129 Å². The molecule has 10 aromatic carbocycles. The van der Waals surface area contributed by atoms with E-state index in [0.29, 0.717) is 5.56 Å². The second-order valence-electron chi connectivity index (χ2n) is 18.1. The number of benzene rings is 10. The number of thiophene rings is 1. The molecule has 0 atom stereocenters. The number of hydrogen-bond acceptors (Lipinski definition) is 8. The van der Waals surface area contributed by atoms with Crippen molar-refractivity contribution in [2.75, 3.05) is 9.80 Å². The maximum absolute atomic E-state index is 10.9. The van der Waals surface area contributed by atoms with E-state index in [1.807, 2.05) is 36.4 Å². The third-order valence-corrected chi connectivity index (χ3v) is 14.9. The van der Waals surface area contributed by atoms with Crippen LogP contribution in [0, 0.1) is 0 Å². The molecule has 334 valence electrons. The number of phenols is 5. The minimum absolute atomic E-state index is 0.198. The Morgan fingerprint density at radius 2 is 0.870 bits per heavy atom. The molecule has 69 heavy (non-hydrogen) atoms. The Kier molecular flexibility index (Phi) is 9.65. The van der Waals surface area contributed by atoms with Crippen LogP contribution in [0.5, 0.6) is 28.7 Å². The third-order valence-electron chi connectivity index (χ3n) is 13.7. The van der Waals surface area contributed by atoms with E-state index >= 15 is 0 Å². The zero-order chi connectivity index (χ0) is 47.1. The van der Waals surface area contributed by atoms with Crippen molar-refractivity contribution in [3.8, 4) is 62.1 Å². The predicted octanol–water partition coefficient (Wildman–Crippen LogP) is 16.3. The minimum atomic E-state index is -1.01. The van der Waals surface area contributed by atoms with Gasteiger partial charge in [0.1, 0.15) is 0 Å². The number of rotatable bonds is 8. The van der Waals surface area contributed by atoms with E-state index in [1.54, 1.807) is 23.5 Å². The Bertz CT molecular complexity index is 3800. The molecule has 7 nitrogen and oxygen atoms in total. The van der Waals surface area contributed by atoms with Crippen LogP contribution in [0.1, 0.15) is 25.0 Å². The predicted molar refractivity (Wildman–Crippen MR) is 283 cm³/mol. The highest BCUT2D eigenvalue weighted by atomic mass is 32.1. The Balaban J connectivity index is 1.10. The van der Waals surface area contributed by atoms with Gasteiger partial charge in [0.2, 0.25) is 17.2 Å². The number of para-hydroxylation sites is 2. The lowest BCUT2D eigenvalue weighted by atomic mass is 9.82.